The van der Waals surface area contributed by atoms with Crippen LogP contribution < -0.4 is 10.5 Å². The largest absolute Gasteiger partial charge is 0.491 e. The fourth-order valence-electron chi connectivity index (χ4n) is 4.83. The molecule has 2 heterocycles. The standard InChI is InChI=1S/C32H34Cl2N4O3/c33-27-10-13-30(31(34)19-27)32(23-38-18-15-36-24-38)40-22-29(41-32)21-39-28-11-8-26(9-12-28)20-37(17-14-35)16-4-7-25-5-2-1-3-6-25/h1-13,15,18-19,24,29H,14,16-17,20-23,35H2/t29-,32-/m0/s1. The summed E-state index contributed by atoms with van der Waals surface area (Å²) < 4.78 is 20.7. The van der Waals surface area contributed by atoms with E-state index in [9.17, 15) is 0 Å². The first-order valence-corrected chi connectivity index (χ1v) is 14.4. The van der Waals surface area contributed by atoms with Crippen molar-refractivity contribution in [2.75, 3.05) is 32.8 Å². The number of nitrogens with two attached hydrogens (primary N) is 1. The summed E-state index contributed by atoms with van der Waals surface area (Å²) in [4.78, 5) is 6.46. The van der Waals surface area contributed by atoms with Gasteiger partial charge in [0.1, 0.15) is 18.5 Å². The highest BCUT2D eigenvalue weighted by Crippen LogP contribution is 2.40. The van der Waals surface area contributed by atoms with E-state index in [1.807, 2.05) is 47.2 Å². The molecule has 1 fully saturated rings. The van der Waals surface area contributed by atoms with Crippen LogP contribution in [0.5, 0.6) is 5.75 Å². The van der Waals surface area contributed by atoms with E-state index >= 15 is 0 Å². The zero-order chi connectivity index (χ0) is 28.5. The van der Waals surface area contributed by atoms with Crippen LogP contribution in [0.15, 0.2) is 97.6 Å². The number of hydrogen-bond donors (Lipinski definition) is 1. The summed E-state index contributed by atoms with van der Waals surface area (Å²) in [6.45, 7) is 4.12. The predicted molar refractivity (Wildman–Crippen MR) is 163 cm³/mol. The molecular weight excluding hydrogens is 559 g/mol. The van der Waals surface area contributed by atoms with Gasteiger partial charge in [0.15, 0.2) is 0 Å². The zero-order valence-corrected chi connectivity index (χ0v) is 24.3. The van der Waals surface area contributed by atoms with E-state index < -0.39 is 5.79 Å². The molecule has 0 spiro atoms. The number of halogens is 2. The van der Waals surface area contributed by atoms with Crippen molar-refractivity contribution in [1.29, 1.82) is 0 Å². The summed E-state index contributed by atoms with van der Waals surface area (Å²) in [6.07, 6.45) is 9.32. The molecule has 4 aromatic rings. The van der Waals surface area contributed by atoms with Gasteiger partial charge in [-0.25, -0.2) is 4.98 Å². The molecule has 7 nitrogen and oxygen atoms in total. The van der Waals surface area contributed by atoms with E-state index in [1.54, 1.807) is 24.7 Å². The second-order valence-electron chi connectivity index (χ2n) is 9.95. The molecule has 214 valence electrons. The van der Waals surface area contributed by atoms with E-state index in [-0.39, 0.29) is 6.10 Å². The maximum absolute atomic E-state index is 6.57. The highest BCUT2D eigenvalue weighted by atomic mass is 35.5. The maximum atomic E-state index is 6.57. The topological polar surface area (TPSA) is 74.8 Å². The number of hydrogen-bond acceptors (Lipinski definition) is 6. The lowest BCUT2D eigenvalue weighted by Gasteiger charge is -2.30. The van der Waals surface area contributed by atoms with Crippen molar-refractivity contribution in [1.82, 2.24) is 14.5 Å². The number of aromatic nitrogens is 2. The monoisotopic (exact) mass is 592 g/mol. The van der Waals surface area contributed by atoms with Crippen LogP contribution in [0.2, 0.25) is 10.0 Å². The number of rotatable bonds is 13. The van der Waals surface area contributed by atoms with E-state index in [2.05, 4.69) is 46.3 Å². The van der Waals surface area contributed by atoms with Gasteiger partial charge in [-0.1, -0.05) is 83.9 Å². The summed E-state index contributed by atoms with van der Waals surface area (Å²) in [5.41, 5.74) is 8.96. The zero-order valence-electron chi connectivity index (χ0n) is 22.7. The van der Waals surface area contributed by atoms with Crippen molar-refractivity contribution in [3.8, 4) is 5.75 Å². The van der Waals surface area contributed by atoms with Gasteiger partial charge in [0.05, 0.1) is 24.5 Å². The lowest BCUT2D eigenvalue weighted by molar-refractivity contribution is -0.189. The van der Waals surface area contributed by atoms with Crippen LogP contribution in [-0.2, 0) is 28.4 Å². The van der Waals surface area contributed by atoms with E-state index in [0.29, 0.717) is 41.9 Å². The molecule has 0 radical (unpaired) electrons. The normalized spacial score (nSPS) is 18.9. The molecule has 0 unspecified atom stereocenters. The molecule has 0 saturated carbocycles. The van der Waals surface area contributed by atoms with Crippen LogP contribution in [0.4, 0.5) is 0 Å². The van der Waals surface area contributed by atoms with Gasteiger partial charge < -0.3 is 24.5 Å². The lowest BCUT2D eigenvalue weighted by Crippen LogP contribution is -2.34. The third-order valence-corrected chi connectivity index (χ3v) is 7.38. The van der Waals surface area contributed by atoms with E-state index in [1.165, 1.54) is 11.1 Å². The van der Waals surface area contributed by atoms with Crippen LogP contribution >= 0.6 is 23.2 Å². The second-order valence-corrected chi connectivity index (χ2v) is 10.8. The summed E-state index contributed by atoms with van der Waals surface area (Å²) in [7, 11) is 0. The van der Waals surface area contributed by atoms with Crippen molar-refractivity contribution in [3.63, 3.8) is 0 Å². The molecule has 1 aromatic heterocycles. The van der Waals surface area contributed by atoms with Crippen molar-refractivity contribution < 1.29 is 14.2 Å². The first-order chi connectivity index (χ1) is 20.0. The molecule has 9 heteroatoms. The van der Waals surface area contributed by atoms with Gasteiger partial charge in [-0.3, -0.25) is 4.90 Å². The number of benzene rings is 3. The Morgan fingerprint density at radius 1 is 1.10 bits per heavy atom. The average Bonchev–Trinajstić information content (AvgIpc) is 3.64. The summed E-state index contributed by atoms with van der Waals surface area (Å²) in [5.74, 6) is -0.315. The number of ether oxygens (including phenoxy) is 3. The van der Waals surface area contributed by atoms with Gasteiger partial charge in [-0.15, -0.1) is 0 Å². The van der Waals surface area contributed by atoms with Crippen molar-refractivity contribution in [2.45, 2.75) is 25.0 Å². The van der Waals surface area contributed by atoms with Crippen molar-refractivity contribution in [2.24, 2.45) is 5.73 Å². The van der Waals surface area contributed by atoms with Gasteiger partial charge in [0, 0.05) is 49.2 Å². The Labute approximate surface area is 251 Å². The molecule has 1 saturated heterocycles. The minimum Gasteiger partial charge on any atom is -0.491 e. The highest BCUT2D eigenvalue weighted by Gasteiger charge is 2.45. The first-order valence-electron chi connectivity index (χ1n) is 13.6. The molecule has 1 aliphatic heterocycles. The van der Waals surface area contributed by atoms with Gasteiger partial charge in [0.2, 0.25) is 5.79 Å². The minimum atomic E-state index is -1.08. The fraction of sp³-hybridized carbons (Fsp3) is 0.281. The van der Waals surface area contributed by atoms with Crippen LogP contribution in [0.25, 0.3) is 6.08 Å². The third kappa shape index (κ3) is 7.98. The average molecular weight is 594 g/mol. The Balaban J connectivity index is 1.17. The number of nitrogens with zero attached hydrogens (tertiary/aromatic N) is 3. The van der Waals surface area contributed by atoms with Crippen LogP contribution in [0.3, 0.4) is 0 Å². The quantitative estimate of drug-likeness (QED) is 0.205. The third-order valence-electron chi connectivity index (χ3n) is 6.84. The summed E-state index contributed by atoms with van der Waals surface area (Å²) in [5, 5.41) is 1.03. The molecule has 1 aliphatic rings. The first kappa shape index (κ1) is 29.3. The number of imidazole rings is 1. The SMILES string of the molecule is NCCN(CC=Cc1ccccc1)Cc1ccc(OC[C@H]2CO[C@](Cn3ccnc3)(c3ccc(Cl)cc3Cl)O2)cc1. The fourth-order valence-corrected chi connectivity index (χ4v) is 5.39. The van der Waals surface area contributed by atoms with Crippen LogP contribution in [0.1, 0.15) is 16.7 Å². The van der Waals surface area contributed by atoms with Crippen LogP contribution in [-0.4, -0.2) is 53.4 Å². The molecule has 2 atom stereocenters. The minimum absolute atomic E-state index is 0.290. The van der Waals surface area contributed by atoms with Crippen molar-refractivity contribution in [3.05, 3.63) is 124 Å². The molecule has 2 N–H and O–H groups in total. The van der Waals surface area contributed by atoms with Crippen LogP contribution in [0, 0.1) is 0 Å². The molecule has 0 bridgehead atoms. The molecule has 0 amide bonds. The second kappa shape index (κ2) is 14.1. The Kier molecular flexibility index (Phi) is 10.1. The summed E-state index contributed by atoms with van der Waals surface area (Å²) in [6, 6.07) is 23.8. The molecule has 0 aliphatic carbocycles. The Bertz CT molecular complexity index is 1400. The smallest absolute Gasteiger partial charge is 0.215 e. The Hall–Kier alpha value is -3.17. The molecule has 5 rings (SSSR count). The molecular formula is C32H34Cl2N4O3. The highest BCUT2D eigenvalue weighted by molar-refractivity contribution is 6.35. The molecule has 3 aromatic carbocycles. The maximum Gasteiger partial charge on any atom is 0.215 e. The summed E-state index contributed by atoms with van der Waals surface area (Å²) >= 11 is 12.7. The van der Waals surface area contributed by atoms with Gasteiger partial charge >= 0.3 is 0 Å². The lowest BCUT2D eigenvalue weighted by atomic mass is 10.1. The van der Waals surface area contributed by atoms with E-state index in [4.69, 9.17) is 43.1 Å². The Morgan fingerprint density at radius 3 is 2.66 bits per heavy atom. The molecule has 41 heavy (non-hydrogen) atoms. The van der Waals surface area contributed by atoms with E-state index in [0.717, 1.165) is 25.4 Å². The predicted octanol–water partition coefficient (Wildman–Crippen LogP) is 6.01. The van der Waals surface area contributed by atoms with Gasteiger partial charge in [0.25, 0.3) is 0 Å². The van der Waals surface area contributed by atoms with Crippen molar-refractivity contribution >= 4 is 29.3 Å². The van der Waals surface area contributed by atoms with Gasteiger partial charge in [-0.05, 0) is 35.4 Å². The Morgan fingerprint density at radius 2 is 1.93 bits per heavy atom. The van der Waals surface area contributed by atoms with Gasteiger partial charge in [-0.2, -0.15) is 0 Å².